The summed E-state index contributed by atoms with van der Waals surface area (Å²) in [5.74, 6) is 0. The maximum absolute atomic E-state index is 12.2. The van der Waals surface area contributed by atoms with Gasteiger partial charge in [-0.2, -0.15) is 0 Å². The zero-order valence-corrected chi connectivity index (χ0v) is 13.6. The van der Waals surface area contributed by atoms with Crippen LogP contribution in [0, 0.1) is 0 Å². The second-order valence-corrected chi connectivity index (χ2v) is 6.84. The van der Waals surface area contributed by atoms with Gasteiger partial charge in [-0.15, -0.1) is 0 Å². The van der Waals surface area contributed by atoms with E-state index >= 15 is 0 Å². The van der Waals surface area contributed by atoms with Gasteiger partial charge in [-0.25, -0.2) is 13.1 Å². The molecule has 0 heterocycles. The van der Waals surface area contributed by atoms with E-state index < -0.39 is 16.1 Å². The molecule has 0 aromatic heterocycles. The second-order valence-electron chi connectivity index (χ2n) is 4.67. The van der Waals surface area contributed by atoms with Crippen LogP contribution in [0.1, 0.15) is 11.7 Å². The van der Waals surface area contributed by atoms with Crippen molar-refractivity contribution in [3.8, 4) is 0 Å². The molecule has 2 rings (SSSR count). The summed E-state index contributed by atoms with van der Waals surface area (Å²) in [6.45, 7) is 0.0763. The fourth-order valence-electron chi connectivity index (χ4n) is 1.97. The number of sulfonamides is 1. The SMILES string of the molecule is COC(CNS(=O)(=O)c1ccc(N)cc1)c1ccccc1Cl. The summed E-state index contributed by atoms with van der Waals surface area (Å²) < 4.78 is 32.3. The molecular weight excluding hydrogens is 324 g/mol. The molecule has 0 saturated carbocycles. The molecule has 22 heavy (non-hydrogen) atoms. The van der Waals surface area contributed by atoms with Crippen LogP contribution < -0.4 is 10.5 Å². The van der Waals surface area contributed by atoms with Gasteiger partial charge in [0.15, 0.2) is 0 Å². The van der Waals surface area contributed by atoms with Gasteiger partial charge >= 0.3 is 0 Å². The van der Waals surface area contributed by atoms with Crippen molar-refractivity contribution in [2.24, 2.45) is 0 Å². The average molecular weight is 341 g/mol. The topological polar surface area (TPSA) is 81.4 Å². The summed E-state index contributed by atoms with van der Waals surface area (Å²) in [5.41, 5.74) is 6.79. The average Bonchev–Trinajstić information content (AvgIpc) is 2.50. The van der Waals surface area contributed by atoms with E-state index in [1.807, 2.05) is 6.07 Å². The zero-order chi connectivity index (χ0) is 16.2. The van der Waals surface area contributed by atoms with Crippen molar-refractivity contribution in [1.29, 1.82) is 0 Å². The number of methoxy groups -OCH3 is 1. The number of nitrogens with two attached hydrogens (primary N) is 1. The number of nitrogen functional groups attached to an aromatic ring is 1. The quantitative estimate of drug-likeness (QED) is 0.792. The van der Waals surface area contributed by atoms with E-state index in [4.69, 9.17) is 22.1 Å². The highest BCUT2D eigenvalue weighted by molar-refractivity contribution is 7.89. The maximum atomic E-state index is 12.2. The summed E-state index contributed by atoms with van der Waals surface area (Å²) >= 11 is 6.11. The molecule has 0 fully saturated rings. The molecule has 2 aromatic rings. The number of hydrogen-bond donors (Lipinski definition) is 2. The van der Waals surface area contributed by atoms with Crippen LogP contribution in [0.15, 0.2) is 53.4 Å². The Morgan fingerprint density at radius 3 is 2.41 bits per heavy atom. The number of ether oxygens (including phenoxy) is 1. The monoisotopic (exact) mass is 340 g/mol. The molecule has 118 valence electrons. The lowest BCUT2D eigenvalue weighted by Gasteiger charge is -2.18. The molecule has 0 amide bonds. The first kappa shape index (κ1) is 16.8. The Balaban J connectivity index is 2.13. The van der Waals surface area contributed by atoms with Crippen LogP contribution in [0.2, 0.25) is 5.02 Å². The molecule has 1 atom stereocenters. The van der Waals surface area contributed by atoms with Crippen LogP contribution in [0.25, 0.3) is 0 Å². The van der Waals surface area contributed by atoms with Crippen LogP contribution >= 0.6 is 11.6 Å². The van der Waals surface area contributed by atoms with Crippen molar-refractivity contribution in [2.45, 2.75) is 11.0 Å². The van der Waals surface area contributed by atoms with Crippen LogP contribution in [-0.4, -0.2) is 22.1 Å². The molecule has 0 bridgehead atoms. The van der Waals surface area contributed by atoms with Crippen molar-refractivity contribution < 1.29 is 13.2 Å². The number of hydrogen-bond acceptors (Lipinski definition) is 4. The van der Waals surface area contributed by atoms with E-state index in [2.05, 4.69) is 4.72 Å². The van der Waals surface area contributed by atoms with E-state index in [0.717, 1.165) is 5.56 Å². The van der Waals surface area contributed by atoms with Crippen molar-refractivity contribution >= 4 is 27.3 Å². The highest BCUT2D eigenvalue weighted by atomic mass is 35.5. The highest BCUT2D eigenvalue weighted by Gasteiger charge is 2.19. The van der Waals surface area contributed by atoms with Gasteiger partial charge in [0.1, 0.15) is 0 Å². The van der Waals surface area contributed by atoms with Crippen LogP contribution in [0.3, 0.4) is 0 Å². The molecular formula is C15H17ClN2O3S. The summed E-state index contributed by atoms with van der Waals surface area (Å²) in [7, 11) is -2.13. The molecule has 0 aliphatic carbocycles. The minimum atomic E-state index is -3.63. The van der Waals surface area contributed by atoms with Gasteiger partial charge in [0.2, 0.25) is 10.0 Å². The standard InChI is InChI=1S/C15H17ClN2O3S/c1-21-15(13-4-2-3-5-14(13)16)10-18-22(19,20)12-8-6-11(17)7-9-12/h2-9,15,18H,10,17H2,1H3. The Kier molecular flexibility index (Phi) is 5.42. The Morgan fingerprint density at radius 2 is 1.82 bits per heavy atom. The molecule has 0 spiro atoms. The van der Waals surface area contributed by atoms with Gasteiger partial charge in [0.25, 0.3) is 0 Å². The van der Waals surface area contributed by atoms with Gasteiger partial charge in [0, 0.05) is 29.9 Å². The fraction of sp³-hybridized carbons (Fsp3) is 0.200. The fourth-order valence-corrected chi connectivity index (χ4v) is 3.26. The summed E-state index contributed by atoms with van der Waals surface area (Å²) in [6.07, 6.45) is -0.475. The number of nitrogens with one attached hydrogen (secondary N) is 1. The molecule has 5 nitrogen and oxygen atoms in total. The first-order valence-corrected chi connectivity index (χ1v) is 8.42. The Labute approximate surface area is 135 Å². The molecule has 3 N–H and O–H groups in total. The third-order valence-electron chi connectivity index (χ3n) is 3.19. The van der Waals surface area contributed by atoms with Crippen molar-refractivity contribution in [2.75, 3.05) is 19.4 Å². The minimum Gasteiger partial charge on any atom is -0.399 e. The molecule has 7 heteroatoms. The van der Waals surface area contributed by atoms with E-state index in [1.165, 1.54) is 31.4 Å². The molecule has 2 aromatic carbocycles. The summed E-state index contributed by atoms with van der Waals surface area (Å²) in [5, 5.41) is 0.529. The predicted octanol–water partition coefficient (Wildman–Crippen LogP) is 2.59. The van der Waals surface area contributed by atoms with Gasteiger partial charge in [-0.05, 0) is 30.3 Å². The number of rotatable bonds is 6. The molecule has 1 unspecified atom stereocenters. The third-order valence-corrected chi connectivity index (χ3v) is 4.97. The Bertz CT molecular complexity index is 733. The summed E-state index contributed by atoms with van der Waals surface area (Å²) in [4.78, 5) is 0.149. The molecule has 0 saturated heterocycles. The van der Waals surface area contributed by atoms with Crippen LogP contribution in [0.4, 0.5) is 5.69 Å². The van der Waals surface area contributed by atoms with Gasteiger partial charge in [-0.3, -0.25) is 0 Å². The van der Waals surface area contributed by atoms with Crippen molar-refractivity contribution in [3.05, 3.63) is 59.1 Å². The van der Waals surface area contributed by atoms with Crippen molar-refractivity contribution in [3.63, 3.8) is 0 Å². The van der Waals surface area contributed by atoms with E-state index in [-0.39, 0.29) is 11.4 Å². The van der Waals surface area contributed by atoms with Gasteiger partial charge in [0.05, 0.1) is 11.0 Å². The van der Waals surface area contributed by atoms with E-state index in [1.54, 1.807) is 18.2 Å². The van der Waals surface area contributed by atoms with Crippen molar-refractivity contribution in [1.82, 2.24) is 4.72 Å². The van der Waals surface area contributed by atoms with E-state index in [9.17, 15) is 8.42 Å². The first-order chi connectivity index (χ1) is 10.4. The molecule has 0 aliphatic heterocycles. The lowest BCUT2D eigenvalue weighted by molar-refractivity contribution is 0.107. The lowest BCUT2D eigenvalue weighted by atomic mass is 10.1. The molecule has 0 aliphatic rings. The van der Waals surface area contributed by atoms with Crippen LogP contribution in [0.5, 0.6) is 0 Å². The molecule has 0 radical (unpaired) electrons. The minimum absolute atomic E-state index is 0.0763. The Hall–Kier alpha value is -1.60. The summed E-state index contributed by atoms with van der Waals surface area (Å²) in [6, 6.07) is 13.1. The number of anilines is 1. The Morgan fingerprint density at radius 1 is 1.18 bits per heavy atom. The third kappa shape index (κ3) is 3.98. The predicted molar refractivity (Wildman–Crippen MR) is 87.2 cm³/mol. The first-order valence-electron chi connectivity index (χ1n) is 6.56. The highest BCUT2D eigenvalue weighted by Crippen LogP contribution is 2.25. The lowest BCUT2D eigenvalue weighted by Crippen LogP contribution is -2.29. The van der Waals surface area contributed by atoms with Gasteiger partial charge in [-0.1, -0.05) is 29.8 Å². The zero-order valence-electron chi connectivity index (χ0n) is 12.0. The van der Waals surface area contributed by atoms with Crippen LogP contribution in [-0.2, 0) is 14.8 Å². The largest absolute Gasteiger partial charge is 0.399 e. The second kappa shape index (κ2) is 7.11. The number of benzene rings is 2. The van der Waals surface area contributed by atoms with E-state index in [0.29, 0.717) is 10.7 Å². The maximum Gasteiger partial charge on any atom is 0.240 e. The van der Waals surface area contributed by atoms with Gasteiger partial charge < -0.3 is 10.5 Å². The number of halogens is 1. The smallest absolute Gasteiger partial charge is 0.240 e. The normalized spacial score (nSPS) is 13.0.